The number of fused-ring (bicyclic) bond motifs is 1. The molecule has 2 aromatic rings. The number of benzene rings is 2. The lowest BCUT2D eigenvalue weighted by Crippen LogP contribution is -2.20. The Morgan fingerprint density at radius 3 is 2.81 bits per heavy atom. The van der Waals surface area contributed by atoms with Crippen molar-refractivity contribution >= 4 is 23.0 Å². The zero-order valence-electron chi connectivity index (χ0n) is 11.7. The van der Waals surface area contributed by atoms with E-state index < -0.39 is 0 Å². The van der Waals surface area contributed by atoms with Crippen LogP contribution in [0.3, 0.4) is 0 Å². The quantitative estimate of drug-likeness (QED) is 0.833. The van der Waals surface area contributed by atoms with Gasteiger partial charge in [-0.3, -0.25) is 4.79 Å². The largest absolute Gasteiger partial charge is 0.397 e. The Hall–Kier alpha value is -2.56. The Kier molecular flexibility index (Phi) is 3.25. The number of amides is 1. The average Bonchev–Trinajstić information content (AvgIpc) is 2.90. The molecule has 0 spiro atoms. The molecular formula is C16H16FN3O. The minimum absolute atomic E-state index is 0.171. The number of halogens is 1. The maximum absolute atomic E-state index is 13.5. The van der Waals surface area contributed by atoms with Crippen LogP contribution in [0.2, 0.25) is 0 Å². The highest BCUT2D eigenvalue weighted by atomic mass is 19.1. The van der Waals surface area contributed by atoms with Gasteiger partial charge in [0.1, 0.15) is 5.82 Å². The normalized spacial score (nSPS) is 13.1. The minimum atomic E-state index is -0.276. The Labute approximate surface area is 122 Å². The fraction of sp³-hybridized carbons (Fsp3) is 0.188. The first-order valence-electron chi connectivity index (χ1n) is 6.77. The Bertz CT molecular complexity index is 715. The molecule has 21 heavy (non-hydrogen) atoms. The standard InChI is InChI=1S/C16H16FN3O/c1-19-16(21)11-3-5-13(18)15(8-11)20-7-6-10-2-4-12(17)9-14(10)20/h2-5,8-9H,6-7,18H2,1H3,(H,19,21). The number of nitrogens with one attached hydrogen (secondary N) is 1. The van der Waals surface area contributed by atoms with Gasteiger partial charge in [-0.2, -0.15) is 0 Å². The third kappa shape index (κ3) is 2.31. The maximum Gasteiger partial charge on any atom is 0.251 e. The molecule has 3 N–H and O–H groups in total. The van der Waals surface area contributed by atoms with Crippen LogP contribution in [-0.2, 0) is 6.42 Å². The lowest BCUT2D eigenvalue weighted by Gasteiger charge is -2.22. The molecule has 0 radical (unpaired) electrons. The fourth-order valence-electron chi connectivity index (χ4n) is 2.67. The van der Waals surface area contributed by atoms with Gasteiger partial charge in [-0.05, 0) is 42.3 Å². The van der Waals surface area contributed by atoms with Gasteiger partial charge in [-0.1, -0.05) is 6.07 Å². The van der Waals surface area contributed by atoms with E-state index in [0.717, 1.165) is 29.9 Å². The van der Waals surface area contributed by atoms with Crippen LogP contribution < -0.4 is 16.0 Å². The molecular weight excluding hydrogens is 269 g/mol. The Morgan fingerprint density at radius 1 is 1.24 bits per heavy atom. The predicted octanol–water partition coefficient (Wildman–Crippen LogP) is 2.46. The smallest absolute Gasteiger partial charge is 0.251 e. The van der Waals surface area contributed by atoms with E-state index in [4.69, 9.17) is 5.73 Å². The second-order valence-electron chi connectivity index (χ2n) is 5.03. The molecule has 0 unspecified atom stereocenters. The number of nitrogens with zero attached hydrogens (tertiary/aromatic N) is 1. The molecule has 2 aromatic carbocycles. The van der Waals surface area contributed by atoms with Crippen molar-refractivity contribution in [3.8, 4) is 0 Å². The molecule has 0 bridgehead atoms. The molecule has 0 atom stereocenters. The van der Waals surface area contributed by atoms with E-state index in [1.165, 1.54) is 12.1 Å². The van der Waals surface area contributed by atoms with Crippen LogP contribution in [-0.4, -0.2) is 19.5 Å². The number of hydrogen-bond donors (Lipinski definition) is 2. The lowest BCUT2D eigenvalue weighted by atomic mass is 10.1. The SMILES string of the molecule is CNC(=O)c1ccc(N)c(N2CCc3ccc(F)cc32)c1. The van der Waals surface area contributed by atoms with Gasteiger partial charge in [0.05, 0.1) is 11.4 Å². The molecule has 1 heterocycles. The van der Waals surface area contributed by atoms with Gasteiger partial charge in [0.2, 0.25) is 0 Å². The van der Waals surface area contributed by atoms with Crippen molar-refractivity contribution in [1.82, 2.24) is 5.32 Å². The number of rotatable bonds is 2. The summed E-state index contributed by atoms with van der Waals surface area (Å²) in [6.07, 6.45) is 0.833. The summed E-state index contributed by atoms with van der Waals surface area (Å²) in [5.41, 5.74) is 9.78. The summed E-state index contributed by atoms with van der Waals surface area (Å²) in [6, 6.07) is 9.90. The van der Waals surface area contributed by atoms with Gasteiger partial charge in [0.25, 0.3) is 5.91 Å². The summed E-state index contributed by atoms with van der Waals surface area (Å²) in [5.74, 6) is -0.448. The van der Waals surface area contributed by atoms with E-state index in [1.54, 1.807) is 31.3 Å². The van der Waals surface area contributed by atoms with Gasteiger partial charge in [0, 0.05) is 24.8 Å². The van der Waals surface area contributed by atoms with Crippen molar-refractivity contribution in [1.29, 1.82) is 0 Å². The van der Waals surface area contributed by atoms with Crippen LogP contribution in [0.4, 0.5) is 21.5 Å². The molecule has 0 saturated carbocycles. The van der Waals surface area contributed by atoms with Crippen molar-refractivity contribution in [2.45, 2.75) is 6.42 Å². The summed E-state index contributed by atoms with van der Waals surface area (Å²) >= 11 is 0. The van der Waals surface area contributed by atoms with Crippen LogP contribution in [0, 0.1) is 5.82 Å². The van der Waals surface area contributed by atoms with Crippen molar-refractivity contribution in [2.75, 3.05) is 24.2 Å². The predicted molar refractivity (Wildman–Crippen MR) is 81.4 cm³/mol. The number of hydrogen-bond acceptors (Lipinski definition) is 3. The van der Waals surface area contributed by atoms with Gasteiger partial charge in [-0.15, -0.1) is 0 Å². The van der Waals surface area contributed by atoms with Crippen molar-refractivity contribution in [3.63, 3.8) is 0 Å². The summed E-state index contributed by atoms with van der Waals surface area (Å²) in [6.45, 7) is 0.722. The zero-order chi connectivity index (χ0) is 15.0. The van der Waals surface area contributed by atoms with E-state index >= 15 is 0 Å². The number of carbonyl (C=O) groups excluding carboxylic acids is 1. The highest BCUT2D eigenvalue weighted by Crippen LogP contribution is 2.38. The Balaban J connectivity index is 2.06. The molecule has 1 aliphatic heterocycles. The molecule has 1 amide bonds. The highest BCUT2D eigenvalue weighted by molar-refractivity contribution is 5.96. The van der Waals surface area contributed by atoms with Gasteiger partial charge in [-0.25, -0.2) is 4.39 Å². The number of carbonyl (C=O) groups is 1. The summed E-state index contributed by atoms with van der Waals surface area (Å²) in [5, 5.41) is 2.59. The second kappa shape index (κ2) is 5.09. The van der Waals surface area contributed by atoms with Gasteiger partial charge < -0.3 is 16.0 Å². The Morgan fingerprint density at radius 2 is 2.05 bits per heavy atom. The van der Waals surface area contributed by atoms with Crippen molar-refractivity contribution < 1.29 is 9.18 Å². The highest BCUT2D eigenvalue weighted by Gasteiger charge is 2.23. The van der Waals surface area contributed by atoms with E-state index in [-0.39, 0.29) is 11.7 Å². The second-order valence-corrected chi connectivity index (χ2v) is 5.03. The van der Waals surface area contributed by atoms with Crippen LogP contribution in [0.25, 0.3) is 0 Å². The van der Waals surface area contributed by atoms with Crippen LogP contribution in [0.15, 0.2) is 36.4 Å². The van der Waals surface area contributed by atoms with E-state index in [9.17, 15) is 9.18 Å². The van der Waals surface area contributed by atoms with Gasteiger partial charge in [0.15, 0.2) is 0 Å². The zero-order valence-corrected chi connectivity index (χ0v) is 11.7. The molecule has 1 aliphatic rings. The van der Waals surface area contributed by atoms with Gasteiger partial charge >= 0.3 is 0 Å². The van der Waals surface area contributed by atoms with E-state index in [0.29, 0.717) is 11.3 Å². The first kappa shape index (κ1) is 13.4. The number of nitrogen functional groups attached to an aromatic ring is 1. The number of anilines is 3. The third-order valence-electron chi connectivity index (χ3n) is 3.75. The number of nitrogens with two attached hydrogens (primary N) is 1. The minimum Gasteiger partial charge on any atom is -0.397 e. The molecule has 4 nitrogen and oxygen atoms in total. The summed E-state index contributed by atoms with van der Waals surface area (Å²) < 4.78 is 13.5. The van der Waals surface area contributed by atoms with Crippen molar-refractivity contribution in [3.05, 3.63) is 53.3 Å². The molecule has 0 aromatic heterocycles. The topological polar surface area (TPSA) is 58.4 Å². The molecule has 0 fully saturated rings. The van der Waals surface area contributed by atoms with Crippen LogP contribution in [0.1, 0.15) is 15.9 Å². The molecule has 0 aliphatic carbocycles. The summed E-state index contributed by atoms with van der Waals surface area (Å²) in [7, 11) is 1.58. The molecule has 0 saturated heterocycles. The first-order valence-corrected chi connectivity index (χ1v) is 6.77. The fourth-order valence-corrected chi connectivity index (χ4v) is 2.67. The molecule has 108 valence electrons. The molecule has 5 heteroatoms. The summed E-state index contributed by atoms with van der Waals surface area (Å²) in [4.78, 5) is 13.7. The molecule has 3 rings (SSSR count). The average molecular weight is 285 g/mol. The van der Waals surface area contributed by atoms with E-state index in [1.807, 2.05) is 4.90 Å². The van der Waals surface area contributed by atoms with Crippen LogP contribution in [0.5, 0.6) is 0 Å². The lowest BCUT2D eigenvalue weighted by molar-refractivity contribution is 0.0963. The van der Waals surface area contributed by atoms with Crippen LogP contribution >= 0.6 is 0 Å². The first-order chi connectivity index (χ1) is 10.1. The van der Waals surface area contributed by atoms with Crippen molar-refractivity contribution in [2.24, 2.45) is 0 Å². The monoisotopic (exact) mass is 285 g/mol. The van der Waals surface area contributed by atoms with E-state index in [2.05, 4.69) is 5.32 Å². The maximum atomic E-state index is 13.5. The third-order valence-corrected chi connectivity index (χ3v) is 3.75.